The van der Waals surface area contributed by atoms with Gasteiger partial charge in [0.2, 0.25) is 0 Å². The molecule has 0 aliphatic rings. The van der Waals surface area contributed by atoms with Crippen molar-refractivity contribution in [3.8, 4) is 0 Å². The lowest BCUT2D eigenvalue weighted by atomic mass is 9.98. The fourth-order valence-electron chi connectivity index (χ4n) is 2.14. The Morgan fingerprint density at radius 3 is 2.20 bits per heavy atom. The number of hydrogen-bond acceptors (Lipinski definition) is 1. The molecule has 0 aliphatic heterocycles. The molecule has 4 heteroatoms. The highest BCUT2D eigenvalue weighted by atomic mass is 35.5. The molecule has 1 N–H and O–H groups in total. The third kappa shape index (κ3) is 3.48. The lowest BCUT2D eigenvalue weighted by Crippen LogP contribution is -2.19. The van der Waals surface area contributed by atoms with Gasteiger partial charge in [-0.25, -0.2) is 0 Å². The van der Waals surface area contributed by atoms with Crippen LogP contribution in [0.15, 0.2) is 36.4 Å². The standard InChI is InChI=1S/C16H16Cl3N/c1-10-6-7-11(8-15(10)19)16(20-2)9-12-13(17)4-3-5-14(12)18/h3-8,16,20H,9H2,1-2H3. The van der Waals surface area contributed by atoms with Crippen LogP contribution in [0.1, 0.15) is 22.7 Å². The Kier molecular flexibility index (Phi) is 5.34. The first kappa shape index (κ1) is 15.7. The zero-order valence-electron chi connectivity index (χ0n) is 11.4. The molecular formula is C16H16Cl3N. The Bertz CT molecular complexity index is 590. The van der Waals surface area contributed by atoms with Crippen LogP contribution in [0.25, 0.3) is 0 Å². The van der Waals surface area contributed by atoms with Crippen LogP contribution in [0.5, 0.6) is 0 Å². The second-order valence-electron chi connectivity index (χ2n) is 4.75. The van der Waals surface area contributed by atoms with Crippen molar-refractivity contribution in [2.45, 2.75) is 19.4 Å². The summed E-state index contributed by atoms with van der Waals surface area (Å²) in [5.41, 5.74) is 3.15. The van der Waals surface area contributed by atoms with Gasteiger partial charge >= 0.3 is 0 Å². The number of likely N-dealkylation sites (N-methyl/N-ethyl adjacent to an activating group) is 1. The van der Waals surface area contributed by atoms with Crippen LogP contribution < -0.4 is 5.32 Å². The van der Waals surface area contributed by atoms with E-state index < -0.39 is 0 Å². The molecule has 0 radical (unpaired) electrons. The second kappa shape index (κ2) is 6.82. The van der Waals surface area contributed by atoms with Gasteiger partial charge in [0.05, 0.1) is 0 Å². The van der Waals surface area contributed by atoms with E-state index in [0.717, 1.165) is 21.7 Å². The number of rotatable bonds is 4. The Hall–Kier alpha value is -0.730. The predicted molar refractivity (Wildman–Crippen MR) is 88.2 cm³/mol. The molecule has 2 rings (SSSR count). The molecule has 0 heterocycles. The molecule has 1 atom stereocenters. The average molecular weight is 329 g/mol. The number of halogens is 3. The molecule has 1 unspecified atom stereocenters. The first-order valence-corrected chi connectivity index (χ1v) is 7.52. The molecular weight excluding hydrogens is 313 g/mol. The van der Waals surface area contributed by atoms with Crippen LogP contribution in [0.2, 0.25) is 15.1 Å². The molecule has 0 aromatic heterocycles. The molecule has 0 saturated carbocycles. The number of aryl methyl sites for hydroxylation is 1. The molecule has 2 aromatic rings. The van der Waals surface area contributed by atoms with E-state index in [1.54, 1.807) is 0 Å². The fourth-order valence-corrected chi connectivity index (χ4v) is 2.88. The summed E-state index contributed by atoms with van der Waals surface area (Å²) in [5.74, 6) is 0. The summed E-state index contributed by atoms with van der Waals surface area (Å²) >= 11 is 18.7. The third-order valence-electron chi connectivity index (χ3n) is 3.42. The van der Waals surface area contributed by atoms with E-state index in [2.05, 4.69) is 11.4 Å². The zero-order valence-corrected chi connectivity index (χ0v) is 13.7. The van der Waals surface area contributed by atoms with E-state index in [0.29, 0.717) is 16.5 Å². The van der Waals surface area contributed by atoms with Gasteiger partial charge in [-0.05, 0) is 55.3 Å². The molecule has 0 amide bonds. The maximum atomic E-state index is 6.24. The van der Waals surface area contributed by atoms with E-state index >= 15 is 0 Å². The lowest BCUT2D eigenvalue weighted by Gasteiger charge is -2.19. The van der Waals surface area contributed by atoms with Crippen LogP contribution in [0, 0.1) is 6.92 Å². The minimum absolute atomic E-state index is 0.116. The van der Waals surface area contributed by atoms with Crippen molar-refractivity contribution in [2.75, 3.05) is 7.05 Å². The third-order valence-corrected chi connectivity index (χ3v) is 4.53. The molecule has 0 spiro atoms. The normalized spacial score (nSPS) is 12.4. The van der Waals surface area contributed by atoms with Gasteiger partial charge in [-0.1, -0.05) is 53.0 Å². The van der Waals surface area contributed by atoms with E-state index in [1.807, 2.05) is 44.3 Å². The monoisotopic (exact) mass is 327 g/mol. The zero-order chi connectivity index (χ0) is 14.7. The summed E-state index contributed by atoms with van der Waals surface area (Å²) in [6.45, 7) is 1.99. The van der Waals surface area contributed by atoms with E-state index in [1.165, 1.54) is 0 Å². The highest BCUT2D eigenvalue weighted by molar-refractivity contribution is 6.36. The minimum Gasteiger partial charge on any atom is -0.313 e. The van der Waals surface area contributed by atoms with Crippen LogP contribution in [-0.4, -0.2) is 7.05 Å². The molecule has 1 nitrogen and oxygen atoms in total. The van der Waals surface area contributed by atoms with E-state index in [-0.39, 0.29) is 6.04 Å². The first-order valence-electron chi connectivity index (χ1n) is 6.39. The molecule has 2 aromatic carbocycles. The highest BCUT2D eigenvalue weighted by Gasteiger charge is 2.15. The molecule has 0 bridgehead atoms. The SMILES string of the molecule is CNC(Cc1c(Cl)cccc1Cl)c1ccc(C)c(Cl)c1. The van der Waals surface area contributed by atoms with Gasteiger partial charge in [-0.3, -0.25) is 0 Å². The molecule has 20 heavy (non-hydrogen) atoms. The fraction of sp³-hybridized carbons (Fsp3) is 0.250. The Morgan fingerprint density at radius 1 is 1.00 bits per heavy atom. The van der Waals surface area contributed by atoms with Crippen molar-refractivity contribution >= 4 is 34.8 Å². The summed E-state index contributed by atoms with van der Waals surface area (Å²) in [7, 11) is 1.92. The average Bonchev–Trinajstić information content (AvgIpc) is 2.42. The van der Waals surface area contributed by atoms with Crippen LogP contribution in [-0.2, 0) is 6.42 Å². The molecule has 0 aliphatic carbocycles. The second-order valence-corrected chi connectivity index (χ2v) is 5.98. The smallest absolute Gasteiger partial charge is 0.0453 e. The van der Waals surface area contributed by atoms with Crippen LogP contribution >= 0.6 is 34.8 Å². The van der Waals surface area contributed by atoms with Gasteiger partial charge < -0.3 is 5.32 Å². The number of benzene rings is 2. The van der Waals surface area contributed by atoms with Crippen molar-refractivity contribution in [3.63, 3.8) is 0 Å². The Morgan fingerprint density at radius 2 is 1.65 bits per heavy atom. The van der Waals surface area contributed by atoms with Crippen molar-refractivity contribution < 1.29 is 0 Å². The molecule has 106 valence electrons. The summed E-state index contributed by atoms with van der Waals surface area (Å²) < 4.78 is 0. The highest BCUT2D eigenvalue weighted by Crippen LogP contribution is 2.30. The summed E-state index contributed by atoms with van der Waals surface area (Å²) in [4.78, 5) is 0. The van der Waals surface area contributed by atoms with E-state index in [4.69, 9.17) is 34.8 Å². The van der Waals surface area contributed by atoms with Gasteiger partial charge in [-0.15, -0.1) is 0 Å². The van der Waals surface area contributed by atoms with Crippen molar-refractivity contribution in [1.29, 1.82) is 0 Å². The first-order chi connectivity index (χ1) is 9.52. The van der Waals surface area contributed by atoms with Crippen LogP contribution in [0.4, 0.5) is 0 Å². The van der Waals surface area contributed by atoms with Gasteiger partial charge in [0.15, 0.2) is 0 Å². The van der Waals surface area contributed by atoms with Crippen molar-refractivity contribution in [2.24, 2.45) is 0 Å². The van der Waals surface area contributed by atoms with Gasteiger partial charge in [-0.2, -0.15) is 0 Å². The summed E-state index contributed by atoms with van der Waals surface area (Å²) in [6.07, 6.45) is 0.717. The summed E-state index contributed by atoms with van der Waals surface area (Å²) in [5, 5.41) is 5.44. The van der Waals surface area contributed by atoms with Gasteiger partial charge in [0.1, 0.15) is 0 Å². The van der Waals surface area contributed by atoms with Crippen molar-refractivity contribution in [1.82, 2.24) is 5.32 Å². The maximum absolute atomic E-state index is 6.24. The molecule has 0 saturated heterocycles. The molecule has 0 fully saturated rings. The van der Waals surface area contributed by atoms with Crippen molar-refractivity contribution in [3.05, 3.63) is 68.2 Å². The lowest BCUT2D eigenvalue weighted by molar-refractivity contribution is 0.592. The van der Waals surface area contributed by atoms with Gasteiger partial charge in [0, 0.05) is 21.1 Å². The minimum atomic E-state index is 0.116. The van der Waals surface area contributed by atoms with E-state index in [9.17, 15) is 0 Å². The quantitative estimate of drug-likeness (QED) is 0.786. The largest absolute Gasteiger partial charge is 0.313 e. The number of hydrogen-bond donors (Lipinski definition) is 1. The Labute approximate surface area is 134 Å². The van der Waals surface area contributed by atoms with Gasteiger partial charge in [0.25, 0.3) is 0 Å². The Balaban J connectivity index is 2.31. The topological polar surface area (TPSA) is 12.0 Å². The predicted octanol–water partition coefficient (Wildman–Crippen LogP) is 5.46. The maximum Gasteiger partial charge on any atom is 0.0453 e. The van der Waals surface area contributed by atoms with Crippen LogP contribution in [0.3, 0.4) is 0 Å². The number of nitrogens with one attached hydrogen (secondary N) is 1. The summed E-state index contributed by atoms with van der Waals surface area (Å²) in [6, 6.07) is 11.8.